The summed E-state index contributed by atoms with van der Waals surface area (Å²) < 4.78 is 25.1. The number of aliphatic hydroxyl groups excluding tert-OH is 1. The second kappa shape index (κ2) is 3.79. The Bertz CT molecular complexity index is 286. The maximum atomic E-state index is 11.7. The number of sulfonamides is 1. The van der Waals surface area contributed by atoms with Gasteiger partial charge >= 0.3 is 0 Å². The predicted molar refractivity (Wildman–Crippen MR) is 57.6 cm³/mol. The predicted octanol–water partition coefficient (Wildman–Crippen LogP) is 0.864. The molecule has 0 aromatic rings. The van der Waals surface area contributed by atoms with E-state index >= 15 is 0 Å². The molecule has 5 heteroatoms. The first kappa shape index (κ1) is 13.9. The van der Waals surface area contributed by atoms with Crippen molar-refractivity contribution in [1.29, 1.82) is 0 Å². The largest absolute Gasteiger partial charge is 0.391 e. The Hall–Kier alpha value is -0.130. The highest BCUT2D eigenvalue weighted by Crippen LogP contribution is 2.18. The number of nitrogens with one attached hydrogen (secondary N) is 1. The molecule has 0 aliphatic carbocycles. The van der Waals surface area contributed by atoms with Gasteiger partial charge in [0.2, 0.25) is 10.0 Å². The lowest BCUT2D eigenvalue weighted by Gasteiger charge is -2.32. The summed E-state index contributed by atoms with van der Waals surface area (Å²) in [6.45, 7) is 9.72. The lowest BCUT2D eigenvalue weighted by atomic mass is 10.0. The van der Waals surface area contributed by atoms with Crippen molar-refractivity contribution in [2.75, 3.05) is 0 Å². The van der Waals surface area contributed by atoms with E-state index in [-0.39, 0.29) is 0 Å². The van der Waals surface area contributed by atoms with Gasteiger partial charge in [-0.25, -0.2) is 13.1 Å². The van der Waals surface area contributed by atoms with E-state index < -0.39 is 26.4 Å². The standard InChI is InChI=1S/C9H21NO3S/c1-7(11)9(5,6)10-14(12,13)8(2,3)4/h7,10-11H,1-6H3. The van der Waals surface area contributed by atoms with Crippen LogP contribution >= 0.6 is 0 Å². The highest BCUT2D eigenvalue weighted by atomic mass is 32.2. The summed E-state index contributed by atoms with van der Waals surface area (Å²) in [4.78, 5) is 0. The molecule has 0 heterocycles. The van der Waals surface area contributed by atoms with Crippen LogP contribution in [0.3, 0.4) is 0 Å². The van der Waals surface area contributed by atoms with Gasteiger partial charge in [0.15, 0.2) is 0 Å². The van der Waals surface area contributed by atoms with Gasteiger partial charge in [-0.1, -0.05) is 0 Å². The molecule has 0 aromatic heterocycles. The third-order valence-corrected chi connectivity index (χ3v) is 4.66. The molecule has 1 unspecified atom stereocenters. The van der Waals surface area contributed by atoms with Gasteiger partial charge < -0.3 is 5.11 Å². The molecule has 0 saturated carbocycles. The van der Waals surface area contributed by atoms with Gasteiger partial charge in [0, 0.05) is 0 Å². The quantitative estimate of drug-likeness (QED) is 0.746. The average Bonchev–Trinajstić information content (AvgIpc) is 1.80. The molecule has 0 aliphatic heterocycles. The van der Waals surface area contributed by atoms with Crippen molar-refractivity contribution in [2.24, 2.45) is 0 Å². The van der Waals surface area contributed by atoms with E-state index in [4.69, 9.17) is 0 Å². The molecule has 0 aromatic carbocycles. The molecule has 0 saturated heterocycles. The van der Waals surface area contributed by atoms with E-state index in [1.807, 2.05) is 0 Å². The van der Waals surface area contributed by atoms with E-state index in [1.54, 1.807) is 41.5 Å². The Morgan fingerprint density at radius 2 is 1.50 bits per heavy atom. The second-order valence-corrected chi connectivity index (χ2v) is 7.55. The molecular weight excluding hydrogens is 202 g/mol. The SMILES string of the molecule is CC(O)C(C)(C)NS(=O)(=O)C(C)(C)C. The highest BCUT2D eigenvalue weighted by molar-refractivity contribution is 7.90. The van der Waals surface area contributed by atoms with Gasteiger partial charge in [-0.05, 0) is 41.5 Å². The average molecular weight is 223 g/mol. The van der Waals surface area contributed by atoms with Gasteiger partial charge in [0.25, 0.3) is 0 Å². The Kier molecular flexibility index (Phi) is 3.76. The third kappa shape index (κ3) is 3.22. The van der Waals surface area contributed by atoms with Crippen molar-refractivity contribution in [2.45, 2.75) is 57.9 Å². The summed E-state index contributed by atoms with van der Waals surface area (Å²) in [5.74, 6) is 0. The first-order chi connectivity index (χ1) is 5.90. The molecule has 1 atom stereocenters. The topological polar surface area (TPSA) is 66.4 Å². The van der Waals surface area contributed by atoms with E-state index in [2.05, 4.69) is 4.72 Å². The molecule has 0 bridgehead atoms. The molecule has 14 heavy (non-hydrogen) atoms. The minimum Gasteiger partial charge on any atom is -0.391 e. The first-order valence-corrected chi connectivity index (χ1v) is 6.10. The summed E-state index contributed by atoms with van der Waals surface area (Å²) in [6, 6.07) is 0. The van der Waals surface area contributed by atoms with Crippen LogP contribution in [0, 0.1) is 0 Å². The normalized spacial score (nSPS) is 16.8. The Labute approximate surface area is 86.8 Å². The van der Waals surface area contributed by atoms with Crippen LogP contribution in [-0.2, 0) is 10.0 Å². The Morgan fingerprint density at radius 1 is 1.14 bits per heavy atom. The van der Waals surface area contributed by atoms with E-state index in [0.717, 1.165) is 0 Å². The van der Waals surface area contributed by atoms with Crippen LogP contribution in [0.5, 0.6) is 0 Å². The Balaban J connectivity index is 4.88. The molecule has 2 N–H and O–H groups in total. The third-order valence-electron chi connectivity index (χ3n) is 2.25. The minimum atomic E-state index is -3.41. The van der Waals surface area contributed by atoms with Crippen molar-refractivity contribution < 1.29 is 13.5 Å². The summed E-state index contributed by atoms with van der Waals surface area (Å²) in [5.41, 5.74) is -0.841. The maximum Gasteiger partial charge on any atom is 0.217 e. The summed E-state index contributed by atoms with van der Waals surface area (Å²) in [6.07, 6.45) is -0.736. The van der Waals surface area contributed by atoms with Crippen molar-refractivity contribution in [3.63, 3.8) is 0 Å². The van der Waals surface area contributed by atoms with Gasteiger partial charge in [-0.15, -0.1) is 0 Å². The van der Waals surface area contributed by atoms with Crippen LogP contribution in [0.2, 0.25) is 0 Å². The maximum absolute atomic E-state index is 11.7. The van der Waals surface area contributed by atoms with Crippen molar-refractivity contribution in [3.05, 3.63) is 0 Å². The molecule has 0 rings (SSSR count). The molecule has 0 amide bonds. The van der Waals surface area contributed by atoms with E-state index in [1.165, 1.54) is 0 Å². The first-order valence-electron chi connectivity index (χ1n) is 4.62. The zero-order valence-electron chi connectivity index (χ0n) is 9.75. The van der Waals surface area contributed by atoms with Crippen LogP contribution in [0.15, 0.2) is 0 Å². The zero-order chi connectivity index (χ0) is 11.8. The number of rotatable bonds is 3. The highest BCUT2D eigenvalue weighted by Gasteiger charge is 2.36. The second-order valence-electron chi connectivity index (χ2n) is 5.12. The fourth-order valence-corrected chi connectivity index (χ4v) is 1.75. The fourth-order valence-electron chi connectivity index (χ4n) is 0.585. The smallest absolute Gasteiger partial charge is 0.217 e. The molecule has 4 nitrogen and oxygen atoms in total. The molecular formula is C9H21NO3S. The number of hydrogen-bond acceptors (Lipinski definition) is 3. The van der Waals surface area contributed by atoms with Crippen LogP contribution in [-0.4, -0.2) is 29.9 Å². The summed E-state index contributed by atoms with van der Waals surface area (Å²) in [7, 11) is -3.41. The van der Waals surface area contributed by atoms with Crippen molar-refractivity contribution in [1.82, 2.24) is 4.72 Å². The zero-order valence-corrected chi connectivity index (χ0v) is 10.6. The van der Waals surface area contributed by atoms with Crippen LogP contribution in [0.25, 0.3) is 0 Å². The van der Waals surface area contributed by atoms with E-state index in [0.29, 0.717) is 0 Å². The molecule has 0 spiro atoms. The van der Waals surface area contributed by atoms with Crippen LogP contribution in [0.4, 0.5) is 0 Å². The van der Waals surface area contributed by atoms with Gasteiger partial charge in [-0.3, -0.25) is 0 Å². The van der Waals surface area contributed by atoms with Gasteiger partial charge in [0.05, 0.1) is 16.4 Å². The molecule has 0 aliphatic rings. The van der Waals surface area contributed by atoms with Crippen molar-refractivity contribution >= 4 is 10.0 Å². The molecule has 0 fully saturated rings. The summed E-state index contributed by atoms with van der Waals surface area (Å²) in [5, 5.41) is 9.38. The molecule has 86 valence electrons. The number of aliphatic hydroxyl groups is 1. The van der Waals surface area contributed by atoms with Gasteiger partial charge in [-0.2, -0.15) is 0 Å². The van der Waals surface area contributed by atoms with E-state index in [9.17, 15) is 13.5 Å². The Morgan fingerprint density at radius 3 is 1.71 bits per heavy atom. The minimum absolute atomic E-state index is 0.736. The van der Waals surface area contributed by atoms with Gasteiger partial charge in [0.1, 0.15) is 0 Å². The summed E-state index contributed by atoms with van der Waals surface area (Å²) >= 11 is 0. The monoisotopic (exact) mass is 223 g/mol. The molecule has 0 radical (unpaired) electrons. The van der Waals surface area contributed by atoms with Crippen LogP contribution < -0.4 is 4.72 Å². The fraction of sp³-hybridized carbons (Fsp3) is 1.00. The lowest BCUT2D eigenvalue weighted by molar-refractivity contribution is 0.111. The van der Waals surface area contributed by atoms with Crippen LogP contribution in [0.1, 0.15) is 41.5 Å². The van der Waals surface area contributed by atoms with Crippen molar-refractivity contribution in [3.8, 4) is 0 Å². The lowest BCUT2D eigenvalue weighted by Crippen LogP contribution is -2.55. The number of hydrogen-bond donors (Lipinski definition) is 2.